The van der Waals surface area contributed by atoms with Crippen LogP contribution >= 0.6 is 0 Å². The zero-order valence-corrected chi connectivity index (χ0v) is 16.5. The molecule has 0 saturated heterocycles. The van der Waals surface area contributed by atoms with E-state index in [1.807, 2.05) is 24.3 Å². The fourth-order valence-corrected chi connectivity index (χ4v) is 2.94. The molecule has 0 atom stereocenters. The number of carbonyl (C=O) groups is 2. The summed E-state index contributed by atoms with van der Waals surface area (Å²) in [7, 11) is 0. The molecule has 0 fully saturated rings. The monoisotopic (exact) mass is 404 g/mol. The van der Waals surface area contributed by atoms with Crippen LogP contribution in [0.3, 0.4) is 0 Å². The molecule has 0 aliphatic heterocycles. The van der Waals surface area contributed by atoms with Crippen LogP contribution in [0.5, 0.6) is 0 Å². The van der Waals surface area contributed by atoms with Crippen LogP contribution in [0.2, 0.25) is 0 Å². The second kappa shape index (κ2) is 10.3. The van der Waals surface area contributed by atoms with Crippen LogP contribution in [0.25, 0.3) is 0 Å². The van der Waals surface area contributed by atoms with E-state index in [-0.39, 0.29) is 25.0 Å². The Morgan fingerprint density at radius 3 is 1.37 bits per heavy atom. The van der Waals surface area contributed by atoms with Crippen molar-refractivity contribution in [2.45, 2.75) is 26.3 Å². The second-order valence-electron chi connectivity index (χ2n) is 6.90. The van der Waals surface area contributed by atoms with E-state index in [4.69, 9.17) is 10.2 Å². The average Bonchev–Trinajstić information content (AvgIpc) is 2.81. The molecule has 6 heteroatoms. The molecule has 3 aromatic carbocycles. The molecule has 0 spiro atoms. The molecule has 0 heterocycles. The van der Waals surface area contributed by atoms with Gasteiger partial charge in [-0.15, -0.1) is 0 Å². The lowest BCUT2D eigenvalue weighted by atomic mass is 10.1. The van der Waals surface area contributed by atoms with Crippen molar-refractivity contribution in [3.63, 3.8) is 0 Å². The first kappa shape index (κ1) is 21.2. The van der Waals surface area contributed by atoms with Crippen molar-refractivity contribution < 1.29 is 19.8 Å². The maximum absolute atomic E-state index is 12.3. The molecule has 0 aromatic heterocycles. The smallest absolute Gasteiger partial charge is 0.251 e. The Morgan fingerprint density at radius 2 is 1.00 bits per heavy atom. The van der Waals surface area contributed by atoms with Crippen molar-refractivity contribution >= 4 is 11.8 Å². The number of aliphatic hydroxyl groups excluding tert-OH is 2. The fraction of sp³-hybridized carbons (Fsp3) is 0.167. The van der Waals surface area contributed by atoms with E-state index in [0.29, 0.717) is 24.2 Å². The van der Waals surface area contributed by atoms with Crippen molar-refractivity contribution in [1.29, 1.82) is 0 Å². The highest BCUT2D eigenvalue weighted by Crippen LogP contribution is 2.09. The molecule has 6 nitrogen and oxygen atoms in total. The van der Waals surface area contributed by atoms with Gasteiger partial charge in [-0.3, -0.25) is 9.59 Å². The summed E-state index contributed by atoms with van der Waals surface area (Å²) in [6, 6.07) is 21.2. The van der Waals surface area contributed by atoms with Crippen molar-refractivity contribution in [2.24, 2.45) is 0 Å². The molecule has 0 aliphatic carbocycles. The van der Waals surface area contributed by atoms with Crippen molar-refractivity contribution in [3.05, 3.63) is 106 Å². The first-order valence-corrected chi connectivity index (χ1v) is 9.63. The zero-order valence-electron chi connectivity index (χ0n) is 16.5. The molecule has 0 saturated carbocycles. The summed E-state index contributed by atoms with van der Waals surface area (Å²) in [6.07, 6.45) is 0. The summed E-state index contributed by atoms with van der Waals surface area (Å²) in [5.41, 5.74) is 4.42. The minimum Gasteiger partial charge on any atom is -0.392 e. The van der Waals surface area contributed by atoms with Gasteiger partial charge in [0.25, 0.3) is 11.8 Å². The maximum atomic E-state index is 12.3. The number of carbonyl (C=O) groups excluding carboxylic acids is 2. The van der Waals surface area contributed by atoms with Gasteiger partial charge in [-0.25, -0.2) is 0 Å². The van der Waals surface area contributed by atoms with E-state index < -0.39 is 0 Å². The first-order valence-electron chi connectivity index (χ1n) is 9.63. The third-order valence-electron chi connectivity index (χ3n) is 4.69. The van der Waals surface area contributed by atoms with Gasteiger partial charge in [0, 0.05) is 24.2 Å². The van der Waals surface area contributed by atoms with Gasteiger partial charge in [0.1, 0.15) is 0 Å². The molecule has 3 aromatic rings. The van der Waals surface area contributed by atoms with Crippen LogP contribution in [0.1, 0.15) is 43.0 Å². The van der Waals surface area contributed by atoms with E-state index in [1.54, 1.807) is 48.5 Å². The zero-order chi connectivity index (χ0) is 21.3. The molecule has 0 aliphatic rings. The van der Waals surface area contributed by atoms with Crippen molar-refractivity contribution in [2.75, 3.05) is 0 Å². The van der Waals surface area contributed by atoms with Crippen LogP contribution in [-0.4, -0.2) is 22.0 Å². The molecule has 2 amide bonds. The van der Waals surface area contributed by atoms with E-state index in [0.717, 1.165) is 22.3 Å². The molecular formula is C24H24N2O4. The molecule has 0 unspecified atom stereocenters. The van der Waals surface area contributed by atoms with Crippen LogP contribution in [0.4, 0.5) is 0 Å². The lowest BCUT2D eigenvalue weighted by molar-refractivity contribution is 0.0943. The van der Waals surface area contributed by atoms with E-state index >= 15 is 0 Å². The van der Waals surface area contributed by atoms with Gasteiger partial charge in [0.15, 0.2) is 0 Å². The number of nitrogens with one attached hydrogen (secondary N) is 2. The van der Waals surface area contributed by atoms with Gasteiger partial charge in [0.05, 0.1) is 13.2 Å². The molecule has 154 valence electrons. The van der Waals surface area contributed by atoms with Gasteiger partial charge < -0.3 is 20.8 Å². The minimum atomic E-state index is -0.190. The first-order chi connectivity index (χ1) is 14.6. The summed E-state index contributed by atoms with van der Waals surface area (Å²) in [5.74, 6) is -0.381. The fourth-order valence-electron chi connectivity index (χ4n) is 2.94. The topological polar surface area (TPSA) is 98.7 Å². The quantitative estimate of drug-likeness (QED) is 0.464. The van der Waals surface area contributed by atoms with E-state index in [9.17, 15) is 9.59 Å². The Kier molecular flexibility index (Phi) is 7.32. The van der Waals surface area contributed by atoms with Gasteiger partial charge >= 0.3 is 0 Å². The largest absolute Gasteiger partial charge is 0.392 e. The molecular weight excluding hydrogens is 380 g/mol. The molecule has 3 rings (SSSR count). The van der Waals surface area contributed by atoms with E-state index in [2.05, 4.69) is 10.6 Å². The third kappa shape index (κ3) is 5.76. The SMILES string of the molecule is O=C(NCc1cccc(CNC(=O)c2ccc(CO)cc2)c1)c1ccc(CO)cc1. The highest BCUT2D eigenvalue weighted by atomic mass is 16.3. The van der Waals surface area contributed by atoms with Gasteiger partial charge in [-0.2, -0.15) is 0 Å². The van der Waals surface area contributed by atoms with Crippen LogP contribution < -0.4 is 10.6 Å². The number of amides is 2. The number of aliphatic hydroxyl groups is 2. The Hall–Kier alpha value is -3.48. The highest BCUT2D eigenvalue weighted by molar-refractivity contribution is 5.94. The number of rotatable bonds is 8. The van der Waals surface area contributed by atoms with Gasteiger partial charge in [-0.05, 0) is 46.5 Å². The summed E-state index contributed by atoms with van der Waals surface area (Å²) < 4.78 is 0. The lowest BCUT2D eigenvalue weighted by Crippen LogP contribution is -2.24. The standard InChI is InChI=1S/C24H24N2O4/c27-15-17-4-8-21(9-5-17)23(29)25-13-19-2-1-3-20(12-19)14-26-24(30)22-10-6-18(16-28)7-11-22/h1-12,27-28H,13-16H2,(H,25,29)(H,26,30). The maximum Gasteiger partial charge on any atom is 0.251 e. The summed E-state index contributed by atoms with van der Waals surface area (Å²) in [6.45, 7) is 0.619. The van der Waals surface area contributed by atoms with E-state index in [1.165, 1.54) is 0 Å². The molecule has 30 heavy (non-hydrogen) atoms. The number of hydrogen-bond donors (Lipinski definition) is 4. The normalized spacial score (nSPS) is 10.5. The lowest BCUT2D eigenvalue weighted by Gasteiger charge is -2.09. The third-order valence-corrected chi connectivity index (χ3v) is 4.69. The van der Waals surface area contributed by atoms with Gasteiger partial charge in [0.2, 0.25) is 0 Å². The Labute approximate surface area is 175 Å². The minimum absolute atomic E-state index is 0.0564. The molecule has 0 bridgehead atoms. The summed E-state index contributed by atoms with van der Waals surface area (Å²) >= 11 is 0. The number of hydrogen-bond acceptors (Lipinski definition) is 4. The summed E-state index contributed by atoms with van der Waals surface area (Å²) in [5, 5.41) is 23.9. The van der Waals surface area contributed by atoms with Crippen molar-refractivity contribution in [1.82, 2.24) is 10.6 Å². The predicted octanol–water partition coefficient (Wildman–Crippen LogP) is 2.53. The van der Waals surface area contributed by atoms with Crippen molar-refractivity contribution in [3.8, 4) is 0 Å². The Balaban J connectivity index is 1.53. The molecule has 0 radical (unpaired) electrons. The van der Waals surface area contributed by atoms with Gasteiger partial charge in [-0.1, -0.05) is 48.5 Å². The summed E-state index contributed by atoms with van der Waals surface area (Å²) in [4.78, 5) is 24.5. The number of benzene rings is 3. The van der Waals surface area contributed by atoms with Crippen LogP contribution in [0, 0.1) is 0 Å². The highest BCUT2D eigenvalue weighted by Gasteiger charge is 2.07. The second-order valence-corrected chi connectivity index (χ2v) is 6.90. The Morgan fingerprint density at radius 1 is 0.600 bits per heavy atom. The van der Waals surface area contributed by atoms with Crippen LogP contribution in [0.15, 0.2) is 72.8 Å². The average molecular weight is 404 g/mol. The Bertz CT molecular complexity index is 920. The van der Waals surface area contributed by atoms with Crippen LogP contribution in [-0.2, 0) is 26.3 Å². The predicted molar refractivity (Wildman–Crippen MR) is 114 cm³/mol. The molecule has 4 N–H and O–H groups in total.